The molecule has 1 amide bonds. The van der Waals surface area contributed by atoms with Crippen molar-refractivity contribution in [2.24, 2.45) is 0 Å². The van der Waals surface area contributed by atoms with Crippen molar-refractivity contribution in [1.82, 2.24) is 9.47 Å². The van der Waals surface area contributed by atoms with E-state index in [1.165, 1.54) is 11.1 Å². The van der Waals surface area contributed by atoms with Gasteiger partial charge in [-0.3, -0.25) is 4.79 Å². The second-order valence-electron chi connectivity index (χ2n) is 8.96. The summed E-state index contributed by atoms with van der Waals surface area (Å²) >= 11 is 0. The summed E-state index contributed by atoms with van der Waals surface area (Å²) in [4.78, 5) is 14.3. The minimum Gasteiger partial charge on any atom is -0.392 e. The van der Waals surface area contributed by atoms with Crippen molar-refractivity contribution in [1.29, 1.82) is 0 Å². The van der Waals surface area contributed by atoms with Crippen LogP contribution >= 0.6 is 0 Å². The Morgan fingerprint density at radius 2 is 1.69 bits per heavy atom. The molecule has 2 aromatic carbocycles. The van der Waals surface area contributed by atoms with E-state index >= 15 is 0 Å². The number of rotatable bonds is 5. The molecule has 4 heteroatoms. The summed E-state index contributed by atoms with van der Waals surface area (Å²) in [6.07, 6.45) is -0.457. The number of likely N-dealkylation sites (N-methyl/N-ethyl adjacent to an activating group) is 1. The standard InChI is InChI=1S/C25H32N2O2/c1-16-10-17(2)12-19(11-16)23-14-20-13-21(25(4,5)24(29)26(6)7)8-9-22(20)27(23)15-18(3)28/h8-14,18,28H,15H2,1-7H3. The van der Waals surface area contributed by atoms with Crippen LogP contribution in [0.2, 0.25) is 0 Å². The van der Waals surface area contributed by atoms with Crippen molar-refractivity contribution in [3.8, 4) is 11.3 Å². The average Bonchev–Trinajstić information content (AvgIpc) is 2.97. The third-order valence-corrected chi connectivity index (χ3v) is 5.53. The molecule has 1 aromatic heterocycles. The molecule has 0 fully saturated rings. The number of carbonyl (C=O) groups excluding carboxylic acids is 1. The molecule has 1 unspecified atom stereocenters. The lowest BCUT2D eigenvalue weighted by Crippen LogP contribution is -2.39. The minimum atomic E-state index is -0.607. The van der Waals surface area contributed by atoms with Crippen molar-refractivity contribution in [3.05, 3.63) is 59.2 Å². The first-order valence-electron chi connectivity index (χ1n) is 10.1. The Balaban J connectivity index is 2.21. The summed E-state index contributed by atoms with van der Waals surface area (Å²) in [6, 6.07) is 14.9. The maximum atomic E-state index is 12.7. The van der Waals surface area contributed by atoms with Gasteiger partial charge in [0, 0.05) is 37.2 Å². The molecule has 0 bridgehead atoms. The number of aliphatic hydroxyl groups excluding tert-OH is 1. The molecule has 1 N–H and O–H groups in total. The molecule has 0 spiro atoms. The minimum absolute atomic E-state index is 0.0785. The van der Waals surface area contributed by atoms with Crippen LogP contribution in [0.4, 0.5) is 0 Å². The monoisotopic (exact) mass is 392 g/mol. The predicted octanol–water partition coefficient (Wildman–Crippen LogP) is 4.67. The number of aryl methyl sites for hydroxylation is 2. The van der Waals surface area contributed by atoms with E-state index in [4.69, 9.17) is 0 Å². The van der Waals surface area contributed by atoms with Gasteiger partial charge in [0.05, 0.1) is 11.5 Å². The van der Waals surface area contributed by atoms with Gasteiger partial charge in [0.25, 0.3) is 0 Å². The number of hydrogen-bond acceptors (Lipinski definition) is 2. The maximum Gasteiger partial charge on any atom is 0.232 e. The first-order chi connectivity index (χ1) is 13.5. The van der Waals surface area contributed by atoms with Crippen molar-refractivity contribution in [2.75, 3.05) is 14.1 Å². The number of benzene rings is 2. The zero-order chi connectivity index (χ0) is 21.5. The number of carbonyl (C=O) groups is 1. The van der Waals surface area contributed by atoms with Crippen molar-refractivity contribution in [3.63, 3.8) is 0 Å². The smallest absolute Gasteiger partial charge is 0.232 e. The van der Waals surface area contributed by atoms with E-state index in [2.05, 4.69) is 54.8 Å². The molecule has 154 valence electrons. The summed E-state index contributed by atoms with van der Waals surface area (Å²) in [5, 5.41) is 11.2. The molecule has 4 nitrogen and oxygen atoms in total. The first kappa shape index (κ1) is 21.1. The lowest BCUT2D eigenvalue weighted by Gasteiger charge is -2.27. The molecule has 3 aromatic rings. The van der Waals surface area contributed by atoms with Gasteiger partial charge in [-0.1, -0.05) is 23.3 Å². The normalized spacial score (nSPS) is 13.0. The van der Waals surface area contributed by atoms with Crippen LogP contribution in [0.1, 0.15) is 37.5 Å². The van der Waals surface area contributed by atoms with Crippen molar-refractivity contribution >= 4 is 16.8 Å². The Labute approximate surface area is 173 Å². The van der Waals surface area contributed by atoms with Crippen molar-refractivity contribution in [2.45, 2.75) is 52.7 Å². The van der Waals surface area contributed by atoms with Gasteiger partial charge in [0.1, 0.15) is 0 Å². The van der Waals surface area contributed by atoms with Crippen LogP contribution in [-0.4, -0.2) is 40.7 Å². The summed E-state index contributed by atoms with van der Waals surface area (Å²) in [5.74, 6) is 0.0785. The molecule has 0 radical (unpaired) electrons. The highest BCUT2D eigenvalue weighted by Crippen LogP contribution is 2.34. The van der Waals surface area contributed by atoms with Gasteiger partial charge in [0.2, 0.25) is 5.91 Å². The van der Waals surface area contributed by atoms with E-state index < -0.39 is 11.5 Å². The molecule has 0 aliphatic carbocycles. The van der Waals surface area contributed by atoms with Crippen LogP contribution in [0.25, 0.3) is 22.2 Å². The van der Waals surface area contributed by atoms with Crippen molar-refractivity contribution < 1.29 is 9.90 Å². The second-order valence-corrected chi connectivity index (χ2v) is 8.96. The van der Waals surface area contributed by atoms with E-state index in [9.17, 15) is 9.90 Å². The Kier molecular flexibility index (Phi) is 5.59. The van der Waals surface area contributed by atoms with E-state index in [0.29, 0.717) is 6.54 Å². The topological polar surface area (TPSA) is 45.5 Å². The van der Waals surface area contributed by atoms with Gasteiger partial charge < -0.3 is 14.6 Å². The molecule has 1 atom stereocenters. The number of hydrogen-bond donors (Lipinski definition) is 1. The quantitative estimate of drug-likeness (QED) is 0.686. The maximum absolute atomic E-state index is 12.7. The number of nitrogens with zero attached hydrogens (tertiary/aromatic N) is 2. The average molecular weight is 393 g/mol. The van der Waals surface area contributed by atoms with E-state index in [-0.39, 0.29) is 5.91 Å². The van der Waals surface area contributed by atoms with Gasteiger partial charge >= 0.3 is 0 Å². The third-order valence-electron chi connectivity index (χ3n) is 5.53. The van der Waals surface area contributed by atoms with Crippen LogP contribution in [0.3, 0.4) is 0 Å². The fraction of sp³-hybridized carbons (Fsp3) is 0.400. The van der Waals surface area contributed by atoms with E-state index in [1.54, 1.807) is 19.0 Å². The van der Waals surface area contributed by atoms with Crippen LogP contribution < -0.4 is 0 Å². The third kappa shape index (κ3) is 4.08. The Morgan fingerprint density at radius 1 is 1.07 bits per heavy atom. The molecular weight excluding hydrogens is 360 g/mol. The number of aromatic nitrogens is 1. The zero-order valence-electron chi connectivity index (χ0n) is 18.6. The summed E-state index contributed by atoms with van der Waals surface area (Å²) in [6.45, 7) is 10.5. The van der Waals surface area contributed by atoms with E-state index in [1.807, 2.05) is 26.8 Å². The fourth-order valence-corrected chi connectivity index (χ4v) is 4.16. The Bertz CT molecular complexity index is 1040. The number of amides is 1. The molecule has 29 heavy (non-hydrogen) atoms. The highest BCUT2D eigenvalue weighted by Gasteiger charge is 2.31. The van der Waals surface area contributed by atoms with Gasteiger partial charge in [-0.15, -0.1) is 0 Å². The predicted molar refractivity (Wildman–Crippen MR) is 120 cm³/mol. The van der Waals surface area contributed by atoms with Gasteiger partial charge in [0.15, 0.2) is 0 Å². The largest absolute Gasteiger partial charge is 0.392 e. The van der Waals surface area contributed by atoms with Crippen LogP contribution in [-0.2, 0) is 16.8 Å². The highest BCUT2D eigenvalue weighted by molar-refractivity contribution is 5.91. The van der Waals surface area contributed by atoms with Crippen LogP contribution in [0, 0.1) is 13.8 Å². The summed E-state index contributed by atoms with van der Waals surface area (Å²) in [7, 11) is 3.58. The van der Waals surface area contributed by atoms with E-state index in [0.717, 1.165) is 27.7 Å². The molecular formula is C25H32N2O2. The Hall–Kier alpha value is -2.59. The SMILES string of the molecule is Cc1cc(C)cc(-c2cc3cc(C(C)(C)C(=O)N(C)C)ccc3n2CC(C)O)c1. The molecule has 3 rings (SSSR count). The zero-order valence-corrected chi connectivity index (χ0v) is 18.6. The molecule has 0 aliphatic heterocycles. The molecule has 0 saturated heterocycles. The number of aliphatic hydroxyl groups is 1. The van der Waals surface area contributed by atoms with Crippen LogP contribution in [0.15, 0.2) is 42.5 Å². The van der Waals surface area contributed by atoms with Gasteiger partial charge in [-0.25, -0.2) is 0 Å². The summed E-state index contributed by atoms with van der Waals surface area (Å²) < 4.78 is 2.18. The Morgan fingerprint density at radius 3 is 2.24 bits per heavy atom. The number of fused-ring (bicyclic) bond motifs is 1. The molecule has 0 saturated carbocycles. The fourth-order valence-electron chi connectivity index (χ4n) is 4.16. The summed E-state index contributed by atoms with van der Waals surface area (Å²) in [5.41, 5.74) is 6.11. The first-order valence-corrected chi connectivity index (χ1v) is 10.1. The highest BCUT2D eigenvalue weighted by atomic mass is 16.3. The second kappa shape index (κ2) is 7.68. The molecule has 0 aliphatic rings. The lowest BCUT2D eigenvalue weighted by molar-refractivity contribution is -0.133. The van der Waals surface area contributed by atoms with Gasteiger partial charge in [-0.2, -0.15) is 0 Å². The molecule has 1 heterocycles. The van der Waals surface area contributed by atoms with Crippen LogP contribution in [0.5, 0.6) is 0 Å². The van der Waals surface area contributed by atoms with Gasteiger partial charge in [-0.05, 0) is 76.1 Å². The lowest BCUT2D eigenvalue weighted by atomic mass is 9.83.